The Kier molecular flexibility index (Phi) is 7.07. The van der Waals surface area contributed by atoms with Gasteiger partial charge >= 0.3 is 0 Å². The van der Waals surface area contributed by atoms with Gasteiger partial charge in [-0.2, -0.15) is 0 Å². The van der Waals surface area contributed by atoms with Crippen molar-refractivity contribution < 1.29 is 18.9 Å². The third kappa shape index (κ3) is 4.98. The average molecular weight is 691 g/mol. The van der Waals surface area contributed by atoms with Crippen molar-refractivity contribution in [3.8, 4) is 5.75 Å². The van der Waals surface area contributed by atoms with Gasteiger partial charge in [0.25, 0.3) is 0 Å². The van der Waals surface area contributed by atoms with Gasteiger partial charge in [0.05, 0.1) is 41.2 Å². The van der Waals surface area contributed by atoms with Gasteiger partial charge in [-0.3, -0.25) is 0 Å². The summed E-state index contributed by atoms with van der Waals surface area (Å²) in [5, 5.41) is 5.83. The van der Waals surface area contributed by atoms with Crippen molar-refractivity contribution in [2.45, 2.75) is 62.9 Å². The average Bonchev–Trinajstić information content (AvgIpc) is 3.74. The molecule has 3 aromatic heterocycles. The van der Waals surface area contributed by atoms with E-state index in [1.807, 2.05) is 50.4 Å². The molecule has 8 rings (SSSR count). The summed E-state index contributed by atoms with van der Waals surface area (Å²) < 4.78 is 28.3. The molecule has 1 N–H and O–H groups in total. The minimum absolute atomic E-state index is 0.0293. The van der Waals surface area contributed by atoms with Crippen LogP contribution in [0.1, 0.15) is 37.4 Å². The second-order valence-electron chi connectivity index (χ2n) is 12.6. The molecule has 1 spiro atoms. The molecule has 1 saturated carbocycles. The highest BCUT2D eigenvalue weighted by Gasteiger charge is 2.69. The summed E-state index contributed by atoms with van der Waals surface area (Å²) in [6.45, 7) is 5.11. The standard InChI is InChI=1S/C34H33BrClN5O4/c1-33(2)44-29-27(41-11-10-23-30(36)38-18-39-32(23)41)15-24-28(43-17-34(24,29)45-33)13-20-4-7-21-14-25(35)31(40-26(21)12-20)37-16-19-5-8-22(42-3)9-6-19/h4-12,14,18,24,27-29H,13,15-17H2,1-3H3,(H,37,40). The van der Waals surface area contributed by atoms with E-state index in [1.165, 1.54) is 11.9 Å². The number of methoxy groups -OCH3 is 1. The first-order valence-electron chi connectivity index (χ1n) is 15.2. The van der Waals surface area contributed by atoms with Crippen molar-refractivity contribution in [1.29, 1.82) is 0 Å². The number of hydrogen-bond acceptors (Lipinski definition) is 8. The Labute approximate surface area is 274 Å². The number of pyridine rings is 1. The molecule has 232 valence electrons. The fourth-order valence-corrected chi connectivity index (χ4v) is 8.19. The van der Waals surface area contributed by atoms with Gasteiger partial charge in [-0.25, -0.2) is 15.0 Å². The van der Waals surface area contributed by atoms with Crippen LogP contribution in [0, 0.1) is 5.92 Å². The summed E-state index contributed by atoms with van der Waals surface area (Å²) in [4.78, 5) is 13.7. The van der Waals surface area contributed by atoms with Crippen LogP contribution in [0.4, 0.5) is 5.82 Å². The van der Waals surface area contributed by atoms with E-state index in [4.69, 9.17) is 35.5 Å². The van der Waals surface area contributed by atoms with Crippen molar-refractivity contribution in [3.05, 3.63) is 87.9 Å². The fraction of sp³-hybridized carbons (Fsp3) is 0.382. The summed E-state index contributed by atoms with van der Waals surface area (Å²) in [6.07, 6.45) is 4.94. The van der Waals surface area contributed by atoms with Gasteiger partial charge in [-0.05, 0) is 84.1 Å². The lowest BCUT2D eigenvalue weighted by molar-refractivity contribution is -0.175. The largest absolute Gasteiger partial charge is 0.497 e. The van der Waals surface area contributed by atoms with Crippen molar-refractivity contribution in [3.63, 3.8) is 0 Å². The second-order valence-corrected chi connectivity index (χ2v) is 13.8. The minimum Gasteiger partial charge on any atom is -0.497 e. The Balaban J connectivity index is 1.05. The van der Waals surface area contributed by atoms with E-state index in [-0.39, 0.29) is 24.2 Å². The molecule has 5 aromatic rings. The van der Waals surface area contributed by atoms with Gasteiger partial charge in [0, 0.05) is 24.0 Å². The van der Waals surface area contributed by atoms with Crippen LogP contribution in [-0.2, 0) is 27.2 Å². The summed E-state index contributed by atoms with van der Waals surface area (Å²) in [7, 11) is 1.67. The van der Waals surface area contributed by atoms with Crippen LogP contribution in [0.3, 0.4) is 0 Å². The lowest BCUT2D eigenvalue weighted by atomic mass is 9.86. The van der Waals surface area contributed by atoms with Crippen LogP contribution >= 0.6 is 27.5 Å². The number of benzene rings is 2. The van der Waals surface area contributed by atoms with Crippen molar-refractivity contribution in [2.75, 3.05) is 19.0 Å². The maximum Gasteiger partial charge on any atom is 0.164 e. The molecule has 45 heavy (non-hydrogen) atoms. The van der Waals surface area contributed by atoms with E-state index in [2.05, 4.69) is 60.0 Å². The first kappa shape index (κ1) is 29.1. The van der Waals surface area contributed by atoms with Gasteiger partial charge in [-0.1, -0.05) is 35.9 Å². The Morgan fingerprint density at radius 1 is 1.09 bits per heavy atom. The lowest BCUT2D eigenvalue weighted by Gasteiger charge is -2.28. The molecule has 3 fully saturated rings. The Morgan fingerprint density at radius 2 is 1.91 bits per heavy atom. The molecule has 2 aliphatic heterocycles. The number of rotatable bonds is 7. The number of ether oxygens (including phenoxy) is 4. The fourth-order valence-electron chi connectivity index (χ4n) is 7.53. The van der Waals surface area contributed by atoms with E-state index in [0.717, 1.165) is 56.4 Å². The SMILES string of the molecule is COc1ccc(CNc2nc3cc(CC4OCC56OC(C)(C)OC5C(n5ccc7c(Cl)ncnc75)CC46)ccc3cc2Br)cc1. The molecule has 0 radical (unpaired) electrons. The molecular formula is C34H33BrClN5O4. The normalized spacial score (nSPS) is 26.8. The first-order valence-corrected chi connectivity index (χ1v) is 16.3. The number of halogens is 2. The predicted octanol–water partition coefficient (Wildman–Crippen LogP) is 7.11. The zero-order chi connectivity index (χ0) is 30.9. The Hall–Kier alpha value is -3.28. The zero-order valence-corrected chi connectivity index (χ0v) is 27.5. The number of anilines is 1. The zero-order valence-electron chi connectivity index (χ0n) is 25.2. The molecule has 2 saturated heterocycles. The highest BCUT2D eigenvalue weighted by molar-refractivity contribution is 9.10. The highest BCUT2D eigenvalue weighted by atomic mass is 79.9. The summed E-state index contributed by atoms with van der Waals surface area (Å²) in [6, 6.07) is 18.6. The quantitative estimate of drug-likeness (QED) is 0.181. The molecule has 1 aliphatic carbocycles. The van der Waals surface area contributed by atoms with Crippen molar-refractivity contribution >= 4 is 55.3 Å². The number of nitrogens with one attached hydrogen (secondary N) is 1. The van der Waals surface area contributed by atoms with E-state index < -0.39 is 11.4 Å². The molecule has 0 bridgehead atoms. The Morgan fingerprint density at radius 3 is 2.73 bits per heavy atom. The van der Waals surface area contributed by atoms with E-state index in [1.54, 1.807) is 7.11 Å². The van der Waals surface area contributed by atoms with Crippen LogP contribution in [0.25, 0.3) is 21.9 Å². The second kappa shape index (κ2) is 10.9. The molecule has 0 amide bonds. The third-order valence-electron chi connectivity index (χ3n) is 9.48. The van der Waals surface area contributed by atoms with E-state index >= 15 is 0 Å². The minimum atomic E-state index is -0.717. The molecule has 5 unspecified atom stereocenters. The topological polar surface area (TPSA) is 92.6 Å². The van der Waals surface area contributed by atoms with Gasteiger partial charge in [0.15, 0.2) is 5.79 Å². The third-order valence-corrected chi connectivity index (χ3v) is 10.4. The molecule has 11 heteroatoms. The van der Waals surface area contributed by atoms with Crippen molar-refractivity contribution in [2.24, 2.45) is 5.92 Å². The number of fused-ring (bicyclic) bond motifs is 2. The van der Waals surface area contributed by atoms with Crippen LogP contribution in [0.2, 0.25) is 5.15 Å². The first-order chi connectivity index (χ1) is 21.7. The molecule has 3 aliphatic rings. The molecular weight excluding hydrogens is 658 g/mol. The monoisotopic (exact) mass is 689 g/mol. The predicted molar refractivity (Wildman–Crippen MR) is 176 cm³/mol. The van der Waals surface area contributed by atoms with E-state index in [0.29, 0.717) is 18.3 Å². The summed E-state index contributed by atoms with van der Waals surface area (Å²) >= 11 is 10.1. The number of hydrogen-bond donors (Lipinski definition) is 1. The summed E-state index contributed by atoms with van der Waals surface area (Å²) in [5.41, 5.74) is 3.52. The number of nitrogens with zero attached hydrogens (tertiary/aromatic N) is 4. The Bertz CT molecular complexity index is 1920. The maximum atomic E-state index is 6.74. The smallest absolute Gasteiger partial charge is 0.164 e. The lowest BCUT2D eigenvalue weighted by Crippen LogP contribution is -2.44. The van der Waals surface area contributed by atoms with Gasteiger partial charge in [0.1, 0.15) is 40.4 Å². The highest BCUT2D eigenvalue weighted by Crippen LogP contribution is 2.59. The molecule has 5 atom stereocenters. The van der Waals surface area contributed by atoms with Crippen molar-refractivity contribution in [1.82, 2.24) is 19.5 Å². The van der Waals surface area contributed by atoms with Crippen LogP contribution < -0.4 is 10.1 Å². The summed E-state index contributed by atoms with van der Waals surface area (Å²) in [5.74, 6) is 1.06. The molecule has 9 nitrogen and oxygen atoms in total. The van der Waals surface area contributed by atoms with Crippen LogP contribution in [0.15, 0.2) is 71.6 Å². The van der Waals surface area contributed by atoms with E-state index in [9.17, 15) is 0 Å². The van der Waals surface area contributed by atoms with Gasteiger partial charge < -0.3 is 28.8 Å². The van der Waals surface area contributed by atoms with Gasteiger partial charge in [0.2, 0.25) is 0 Å². The molecule has 2 aromatic carbocycles. The van der Waals surface area contributed by atoms with Crippen LogP contribution in [0.5, 0.6) is 5.75 Å². The molecule has 5 heterocycles. The van der Waals surface area contributed by atoms with Gasteiger partial charge in [-0.15, -0.1) is 0 Å². The maximum absolute atomic E-state index is 6.74. The van der Waals surface area contributed by atoms with Crippen LogP contribution in [-0.4, -0.2) is 56.8 Å². The number of aromatic nitrogens is 4.